The molecule has 0 aliphatic heterocycles. The van der Waals surface area contributed by atoms with Crippen molar-refractivity contribution in [1.29, 1.82) is 0 Å². The standard InChI is InChI=1S/C14H20N4/c1-3-18-8-7-16-14(18)13(17-15)10-12-6-4-5-11(2)9-12/h4-9,13,17H,3,10,15H2,1-2H3. The molecule has 0 spiro atoms. The minimum atomic E-state index is 0.0433. The highest BCUT2D eigenvalue weighted by Crippen LogP contribution is 2.17. The van der Waals surface area contributed by atoms with Crippen LogP contribution in [0.25, 0.3) is 0 Å². The van der Waals surface area contributed by atoms with E-state index in [9.17, 15) is 0 Å². The summed E-state index contributed by atoms with van der Waals surface area (Å²) in [5, 5.41) is 0. The highest BCUT2D eigenvalue weighted by Gasteiger charge is 2.15. The molecule has 18 heavy (non-hydrogen) atoms. The summed E-state index contributed by atoms with van der Waals surface area (Å²) in [6, 6.07) is 8.52. The van der Waals surface area contributed by atoms with Crippen LogP contribution in [0.4, 0.5) is 0 Å². The van der Waals surface area contributed by atoms with Crippen molar-refractivity contribution in [1.82, 2.24) is 15.0 Å². The lowest BCUT2D eigenvalue weighted by molar-refractivity contribution is 0.496. The van der Waals surface area contributed by atoms with E-state index in [0.29, 0.717) is 0 Å². The number of benzene rings is 1. The lowest BCUT2D eigenvalue weighted by atomic mass is 10.0. The van der Waals surface area contributed by atoms with Gasteiger partial charge in [-0.3, -0.25) is 5.84 Å². The summed E-state index contributed by atoms with van der Waals surface area (Å²) in [6.45, 7) is 5.11. The van der Waals surface area contributed by atoms with E-state index >= 15 is 0 Å². The molecule has 1 aromatic heterocycles. The molecule has 0 bridgehead atoms. The summed E-state index contributed by atoms with van der Waals surface area (Å²) < 4.78 is 2.11. The topological polar surface area (TPSA) is 55.9 Å². The van der Waals surface area contributed by atoms with Crippen molar-refractivity contribution in [3.63, 3.8) is 0 Å². The maximum absolute atomic E-state index is 5.67. The number of aryl methyl sites for hydroxylation is 2. The molecule has 96 valence electrons. The van der Waals surface area contributed by atoms with Gasteiger partial charge in [0.05, 0.1) is 6.04 Å². The first-order valence-corrected chi connectivity index (χ1v) is 6.27. The summed E-state index contributed by atoms with van der Waals surface area (Å²) in [5.74, 6) is 6.66. The molecular formula is C14H20N4. The molecule has 1 aromatic carbocycles. The number of nitrogens with zero attached hydrogens (tertiary/aromatic N) is 2. The molecule has 2 aromatic rings. The zero-order valence-corrected chi connectivity index (χ0v) is 10.9. The number of hydrogen-bond donors (Lipinski definition) is 2. The number of hydrogen-bond acceptors (Lipinski definition) is 3. The molecule has 3 N–H and O–H groups in total. The smallest absolute Gasteiger partial charge is 0.127 e. The minimum Gasteiger partial charge on any atom is -0.334 e. The summed E-state index contributed by atoms with van der Waals surface area (Å²) in [5.41, 5.74) is 5.40. The van der Waals surface area contributed by atoms with E-state index in [2.05, 4.69) is 53.1 Å². The van der Waals surface area contributed by atoms with Gasteiger partial charge in [-0.15, -0.1) is 0 Å². The van der Waals surface area contributed by atoms with E-state index in [1.807, 2.05) is 12.4 Å². The molecule has 2 rings (SSSR count). The fourth-order valence-electron chi connectivity index (χ4n) is 2.20. The SMILES string of the molecule is CCn1ccnc1C(Cc1cccc(C)c1)NN. The molecule has 0 aliphatic rings. The van der Waals surface area contributed by atoms with Crippen molar-refractivity contribution >= 4 is 0 Å². The average Bonchev–Trinajstić information content (AvgIpc) is 2.84. The van der Waals surface area contributed by atoms with Gasteiger partial charge in [0.2, 0.25) is 0 Å². The second-order valence-corrected chi connectivity index (χ2v) is 4.48. The van der Waals surface area contributed by atoms with Gasteiger partial charge in [0, 0.05) is 18.9 Å². The number of nitrogens with one attached hydrogen (secondary N) is 1. The Kier molecular flexibility index (Phi) is 4.12. The Bertz CT molecular complexity index is 504. The Balaban J connectivity index is 2.20. The third-order valence-electron chi connectivity index (χ3n) is 3.12. The number of imidazole rings is 1. The van der Waals surface area contributed by atoms with E-state index in [1.54, 1.807) is 0 Å². The van der Waals surface area contributed by atoms with Gasteiger partial charge in [0.15, 0.2) is 0 Å². The number of aromatic nitrogens is 2. The molecule has 4 heteroatoms. The van der Waals surface area contributed by atoms with E-state index < -0.39 is 0 Å². The molecule has 1 heterocycles. The highest BCUT2D eigenvalue weighted by atomic mass is 15.3. The second-order valence-electron chi connectivity index (χ2n) is 4.48. The largest absolute Gasteiger partial charge is 0.334 e. The van der Waals surface area contributed by atoms with Crippen molar-refractivity contribution in [3.05, 3.63) is 53.6 Å². The number of rotatable bonds is 5. The lowest BCUT2D eigenvalue weighted by Crippen LogP contribution is -2.31. The quantitative estimate of drug-likeness (QED) is 0.624. The monoisotopic (exact) mass is 244 g/mol. The van der Waals surface area contributed by atoms with Crippen molar-refractivity contribution in [2.45, 2.75) is 32.9 Å². The van der Waals surface area contributed by atoms with E-state index in [-0.39, 0.29) is 6.04 Å². The Morgan fingerprint density at radius 2 is 2.28 bits per heavy atom. The molecule has 0 amide bonds. The predicted molar refractivity (Wildman–Crippen MR) is 72.8 cm³/mol. The first-order valence-electron chi connectivity index (χ1n) is 6.27. The highest BCUT2D eigenvalue weighted by molar-refractivity contribution is 5.23. The van der Waals surface area contributed by atoms with Gasteiger partial charge in [-0.25, -0.2) is 10.4 Å². The summed E-state index contributed by atoms with van der Waals surface area (Å²) >= 11 is 0. The fraction of sp³-hybridized carbons (Fsp3) is 0.357. The Morgan fingerprint density at radius 3 is 2.94 bits per heavy atom. The molecule has 0 saturated heterocycles. The first kappa shape index (κ1) is 12.8. The molecule has 1 atom stereocenters. The minimum absolute atomic E-state index is 0.0433. The van der Waals surface area contributed by atoms with Gasteiger partial charge >= 0.3 is 0 Å². The van der Waals surface area contributed by atoms with Crippen LogP contribution in [-0.2, 0) is 13.0 Å². The lowest BCUT2D eigenvalue weighted by Gasteiger charge is -2.17. The van der Waals surface area contributed by atoms with Gasteiger partial charge in [-0.1, -0.05) is 29.8 Å². The molecule has 0 fully saturated rings. The van der Waals surface area contributed by atoms with Crippen molar-refractivity contribution in [3.8, 4) is 0 Å². The van der Waals surface area contributed by atoms with Crippen LogP contribution in [0.15, 0.2) is 36.7 Å². The van der Waals surface area contributed by atoms with Crippen LogP contribution >= 0.6 is 0 Å². The van der Waals surface area contributed by atoms with Crippen LogP contribution in [0.2, 0.25) is 0 Å². The van der Waals surface area contributed by atoms with Crippen LogP contribution in [0.3, 0.4) is 0 Å². The van der Waals surface area contributed by atoms with Crippen molar-refractivity contribution in [2.75, 3.05) is 0 Å². The average molecular weight is 244 g/mol. The van der Waals surface area contributed by atoms with Gasteiger partial charge in [-0.05, 0) is 25.8 Å². The Morgan fingerprint density at radius 1 is 1.44 bits per heavy atom. The number of hydrazine groups is 1. The molecule has 4 nitrogen and oxygen atoms in total. The summed E-state index contributed by atoms with van der Waals surface area (Å²) in [7, 11) is 0. The normalized spacial score (nSPS) is 12.6. The van der Waals surface area contributed by atoms with Gasteiger partial charge in [0.25, 0.3) is 0 Å². The fourth-order valence-corrected chi connectivity index (χ4v) is 2.20. The van der Waals surface area contributed by atoms with Crippen LogP contribution in [0.1, 0.15) is 29.9 Å². The summed E-state index contributed by atoms with van der Waals surface area (Å²) in [4.78, 5) is 4.40. The van der Waals surface area contributed by atoms with Crippen LogP contribution in [0, 0.1) is 6.92 Å². The van der Waals surface area contributed by atoms with Crippen molar-refractivity contribution < 1.29 is 0 Å². The Hall–Kier alpha value is -1.65. The molecule has 0 aliphatic carbocycles. The molecule has 0 saturated carbocycles. The molecule has 1 unspecified atom stereocenters. The van der Waals surface area contributed by atoms with Gasteiger partial charge < -0.3 is 4.57 Å². The van der Waals surface area contributed by atoms with Crippen LogP contribution in [0.5, 0.6) is 0 Å². The molecular weight excluding hydrogens is 224 g/mol. The van der Waals surface area contributed by atoms with E-state index in [0.717, 1.165) is 18.8 Å². The number of nitrogens with two attached hydrogens (primary N) is 1. The maximum atomic E-state index is 5.67. The van der Waals surface area contributed by atoms with Gasteiger partial charge in [0.1, 0.15) is 5.82 Å². The third kappa shape index (κ3) is 2.78. The zero-order chi connectivity index (χ0) is 13.0. The van der Waals surface area contributed by atoms with Crippen molar-refractivity contribution in [2.24, 2.45) is 5.84 Å². The summed E-state index contributed by atoms with van der Waals surface area (Å²) in [6.07, 6.45) is 4.64. The molecule has 0 radical (unpaired) electrons. The first-order chi connectivity index (χ1) is 8.74. The van der Waals surface area contributed by atoms with Crippen LogP contribution in [-0.4, -0.2) is 9.55 Å². The van der Waals surface area contributed by atoms with E-state index in [1.165, 1.54) is 11.1 Å². The predicted octanol–water partition coefficient (Wildman–Crippen LogP) is 1.96. The third-order valence-corrected chi connectivity index (χ3v) is 3.12. The van der Waals surface area contributed by atoms with E-state index in [4.69, 9.17) is 5.84 Å². The zero-order valence-electron chi connectivity index (χ0n) is 10.9. The Labute approximate surface area is 108 Å². The van der Waals surface area contributed by atoms with Crippen LogP contribution < -0.4 is 11.3 Å². The maximum Gasteiger partial charge on any atom is 0.127 e. The second kappa shape index (κ2) is 5.80. The van der Waals surface area contributed by atoms with Gasteiger partial charge in [-0.2, -0.15) is 0 Å².